The Morgan fingerprint density at radius 2 is 2.19 bits per heavy atom. The molecule has 1 aliphatic carbocycles. The summed E-state index contributed by atoms with van der Waals surface area (Å²) in [5.74, 6) is 1.66. The fourth-order valence-electron chi connectivity index (χ4n) is 2.04. The average Bonchev–Trinajstić information content (AvgIpc) is 2.11. The van der Waals surface area contributed by atoms with Crippen LogP contribution in [0.4, 0.5) is 0 Å². The van der Waals surface area contributed by atoms with Gasteiger partial charge >= 0.3 is 0 Å². The van der Waals surface area contributed by atoms with Gasteiger partial charge in [0.15, 0.2) is 0 Å². The summed E-state index contributed by atoms with van der Waals surface area (Å²) in [4.78, 5) is 9.14. The van der Waals surface area contributed by atoms with Crippen LogP contribution in [0.25, 0.3) is 0 Å². The molecule has 2 rings (SSSR count). The molecule has 0 bridgehead atoms. The van der Waals surface area contributed by atoms with Crippen LogP contribution in [-0.2, 0) is 6.42 Å². The molecule has 0 radical (unpaired) electrons. The van der Waals surface area contributed by atoms with Crippen molar-refractivity contribution in [1.82, 2.24) is 9.97 Å². The average molecular weight is 219 g/mol. The Morgan fingerprint density at radius 1 is 1.44 bits per heavy atom. The Hall–Kier alpha value is -0.960. The van der Waals surface area contributed by atoms with Crippen molar-refractivity contribution in [2.75, 3.05) is 0 Å². The molecule has 0 aromatic carbocycles. The summed E-state index contributed by atoms with van der Waals surface area (Å²) in [6, 6.07) is 2.37. The molecule has 1 aliphatic rings. The van der Waals surface area contributed by atoms with E-state index in [4.69, 9.17) is 5.73 Å². The zero-order chi connectivity index (χ0) is 11.5. The molecule has 1 heterocycles. The topological polar surface area (TPSA) is 51.8 Å². The van der Waals surface area contributed by atoms with Crippen LogP contribution in [0.1, 0.15) is 55.7 Å². The van der Waals surface area contributed by atoms with Crippen LogP contribution in [0.2, 0.25) is 0 Å². The summed E-state index contributed by atoms with van der Waals surface area (Å²) >= 11 is 0. The van der Waals surface area contributed by atoms with Crippen LogP contribution in [0.3, 0.4) is 0 Å². The van der Waals surface area contributed by atoms with E-state index in [9.17, 15) is 0 Å². The highest BCUT2D eigenvalue weighted by molar-refractivity contribution is 5.16. The molecule has 1 saturated carbocycles. The van der Waals surface area contributed by atoms with Gasteiger partial charge in [0.05, 0.1) is 0 Å². The van der Waals surface area contributed by atoms with Crippen molar-refractivity contribution in [2.45, 2.75) is 57.9 Å². The molecule has 1 aromatic heterocycles. The summed E-state index contributed by atoms with van der Waals surface area (Å²) in [5.41, 5.74) is 8.10. The minimum Gasteiger partial charge on any atom is -0.328 e. The third kappa shape index (κ3) is 2.79. The van der Waals surface area contributed by atoms with Crippen LogP contribution >= 0.6 is 0 Å². The van der Waals surface area contributed by atoms with Gasteiger partial charge in [0.1, 0.15) is 5.82 Å². The number of nitrogens with two attached hydrogens (primary N) is 1. The molecule has 3 nitrogen and oxygen atoms in total. The molecule has 2 N–H and O–H groups in total. The van der Waals surface area contributed by atoms with E-state index >= 15 is 0 Å². The molecule has 16 heavy (non-hydrogen) atoms. The number of rotatable bonds is 4. The van der Waals surface area contributed by atoms with E-state index in [1.54, 1.807) is 0 Å². The molecule has 0 spiro atoms. The molecule has 1 fully saturated rings. The SMILES string of the molecule is Cc1cc(C2CCC2)nc(CCC(C)N)n1. The first kappa shape index (κ1) is 11.5. The summed E-state index contributed by atoms with van der Waals surface area (Å²) in [5, 5.41) is 0. The summed E-state index contributed by atoms with van der Waals surface area (Å²) in [7, 11) is 0. The van der Waals surface area contributed by atoms with E-state index in [1.807, 2.05) is 6.92 Å². The van der Waals surface area contributed by atoms with Gasteiger partial charge in [-0.3, -0.25) is 0 Å². The lowest BCUT2D eigenvalue weighted by Crippen LogP contribution is -2.17. The number of hydrogen-bond donors (Lipinski definition) is 1. The van der Waals surface area contributed by atoms with E-state index in [0.29, 0.717) is 5.92 Å². The Morgan fingerprint density at radius 3 is 2.75 bits per heavy atom. The van der Waals surface area contributed by atoms with E-state index in [1.165, 1.54) is 25.0 Å². The normalized spacial score (nSPS) is 18.2. The monoisotopic (exact) mass is 219 g/mol. The van der Waals surface area contributed by atoms with Crippen LogP contribution in [0.5, 0.6) is 0 Å². The molecular formula is C13H21N3. The molecule has 1 unspecified atom stereocenters. The number of aromatic nitrogens is 2. The maximum atomic E-state index is 5.76. The highest BCUT2D eigenvalue weighted by Gasteiger charge is 2.21. The lowest BCUT2D eigenvalue weighted by Gasteiger charge is -2.25. The van der Waals surface area contributed by atoms with Crippen molar-refractivity contribution in [3.8, 4) is 0 Å². The van der Waals surface area contributed by atoms with Crippen LogP contribution < -0.4 is 5.73 Å². The maximum Gasteiger partial charge on any atom is 0.128 e. The Kier molecular flexibility index (Phi) is 3.54. The molecule has 88 valence electrons. The first-order chi connectivity index (χ1) is 7.65. The maximum absolute atomic E-state index is 5.76. The first-order valence-electron chi connectivity index (χ1n) is 6.25. The molecule has 0 saturated heterocycles. The molecule has 3 heteroatoms. The lowest BCUT2D eigenvalue weighted by molar-refractivity contribution is 0.408. The molecule has 1 atom stereocenters. The van der Waals surface area contributed by atoms with Gasteiger partial charge in [-0.05, 0) is 39.2 Å². The third-order valence-electron chi connectivity index (χ3n) is 3.27. The van der Waals surface area contributed by atoms with Crippen molar-refractivity contribution in [2.24, 2.45) is 5.73 Å². The van der Waals surface area contributed by atoms with Gasteiger partial charge in [-0.2, -0.15) is 0 Å². The van der Waals surface area contributed by atoms with E-state index < -0.39 is 0 Å². The quantitative estimate of drug-likeness (QED) is 0.845. The molecular weight excluding hydrogens is 198 g/mol. The van der Waals surface area contributed by atoms with Crippen molar-refractivity contribution < 1.29 is 0 Å². The van der Waals surface area contributed by atoms with Gasteiger partial charge in [0, 0.05) is 29.8 Å². The van der Waals surface area contributed by atoms with Gasteiger partial charge in [0.2, 0.25) is 0 Å². The smallest absolute Gasteiger partial charge is 0.128 e. The van der Waals surface area contributed by atoms with Crippen LogP contribution in [0, 0.1) is 6.92 Å². The molecule has 1 aromatic rings. The number of aryl methyl sites for hydroxylation is 2. The Labute approximate surface area is 97.5 Å². The highest BCUT2D eigenvalue weighted by Crippen LogP contribution is 2.35. The van der Waals surface area contributed by atoms with Gasteiger partial charge in [-0.1, -0.05) is 6.42 Å². The Balaban J connectivity index is 2.08. The van der Waals surface area contributed by atoms with Gasteiger partial charge in [0.25, 0.3) is 0 Å². The van der Waals surface area contributed by atoms with Gasteiger partial charge < -0.3 is 5.73 Å². The van der Waals surface area contributed by atoms with E-state index in [-0.39, 0.29) is 6.04 Å². The zero-order valence-electron chi connectivity index (χ0n) is 10.2. The van der Waals surface area contributed by atoms with Crippen molar-refractivity contribution in [1.29, 1.82) is 0 Å². The first-order valence-corrected chi connectivity index (χ1v) is 6.25. The van der Waals surface area contributed by atoms with Crippen LogP contribution in [-0.4, -0.2) is 16.0 Å². The highest BCUT2D eigenvalue weighted by atomic mass is 14.9. The van der Waals surface area contributed by atoms with E-state index in [0.717, 1.165) is 24.4 Å². The fraction of sp³-hybridized carbons (Fsp3) is 0.692. The largest absolute Gasteiger partial charge is 0.328 e. The predicted octanol–water partition coefficient (Wildman–Crippen LogP) is 2.33. The molecule has 0 amide bonds. The second kappa shape index (κ2) is 4.91. The summed E-state index contributed by atoms with van der Waals surface area (Å²) in [6.07, 6.45) is 5.81. The second-order valence-electron chi connectivity index (χ2n) is 4.99. The fourth-order valence-corrected chi connectivity index (χ4v) is 2.04. The predicted molar refractivity (Wildman–Crippen MR) is 65.3 cm³/mol. The van der Waals surface area contributed by atoms with Crippen LogP contribution in [0.15, 0.2) is 6.07 Å². The Bertz CT molecular complexity index is 356. The van der Waals surface area contributed by atoms with Crippen molar-refractivity contribution in [3.63, 3.8) is 0 Å². The van der Waals surface area contributed by atoms with E-state index in [2.05, 4.69) is 23.0 Å². The number of hydrogen-bond acceptors (Lipinski definition) is 3. The minimum absolute atomic E-state index is 0.233. The number of nitrogens with zero attached hydrogens (tertiary/aromatic N) is 2. The standard InChI is InChI=1S/C13H21N3/c1-9(14)6-7-13-15-10(2)8-12(16-13)11-4-3-5-11/h8-9,11H,3-7,14H2,1-2H3. The summed E-state index contributed by atoms with van der Waals surface area (Å²) < 4.78 is 0. The zero-order valence-corrected chi connectivity index (χ0v) is 10.2. The lowest BCUT2D eigenvalue weighted by atomic mass is 9.82. The van der Waals surface area contributed by atoms with Crippen molar-refractivity contribution >= 4 is 0 Å². The van der Waals surface area contributed by atoms with Gasteiger partial charge in [-0.15, -0.1) is 0 Å². The summed E-state index contributed by atoms with van der Waals surface area (Å²) in [6.45, 7) is 4.09. The van der Waals surface area contributed by atoms with Gasteiger partial charge in [-0.25, -0.2) is 9.97 Å². The molecule has 0 aliphatic heterocycles. The second-order valence-corrected chi connectivity index (χ2v) is 4.99. The van der Waals surface area contributed by atoms with Crippen molar-refractivity contribution in [3.05, 3.63) is 23.3 Å². The third-order valence-corrected chi connectivity index (χ3v) is 3.27. The minimum atomic E-state index is 0.233.